The number of aromatic nitrogens is 6. The number of anilines is 1. The van der Waals surface area contributed by atoms with Crippen molar-refractivity contribution in [2.75, 3.05) is 5.32 Å². The van der Waals surface area contributed by atoms with Crippen LogP contribution in [-0.2, 0) is 4.79 Å². The summed E-state index contributed by atoms with van der Waals surface area (Å²) in [5, 5.41) is 16.8. The Labute approximate surface area is 210 Å². The molecular weight excluding hydrogens is 470 g/mol. The SMILES string of the molecule is CC(C)CC(=O)Nc1cncc(-c2cc3c(-c4cc5c(-c6ccsc6)cncc5[nH]4)n[nH]c3cn2)c1. The van der Waals surface area contributed by atoms with Gasteiger partial charge in [0.25, 0.3) is 0 Å². The molecule has 0 radical (unpaired) electrons. The maximum absolute atomic E-state index is 12.2. The highest BCUT2D eigenvalue weighted by atomic mass is 32.1. The lowest BCUT2D eigenvalue weighted by Crippen LogP contribution is -2.13. The van der Waals surface area contributed by atoms with E-state index in [-0.39, 0.29) is 11.8 Å². The monoisotopic (exact) mass is 493 g/mol. The number of hydrogen-bond donors (Lipinski definition) is 3. The molecular formula is C27H23N7OS. The molecule has 8 nitrogen and oxygen atoms in total. The lowest BCUT2D eigenvalue weighted by Gasteiger charge is -2.08. The number of pyridine rings is 3. The van der Waals surface area contributed by atoms with E-state index in [9.17, 15) is 4.79 Å². The molecule has 0 fully saturated rings. The molecule has 0 aliphatic heterocycles. The van der Waals surface area contributed by atoms with Crippen LogP contribution in [0.3, 0.4) is 0 Å². The summed E-state index contributed by atoms with van der Waals surface area (Å²) >= 11 is 1.66. The third kappa shape index (κ3) is 4.14. The Morgan fingerprint density at radius 1 is 1.00 bits per heavy atom. The van der Waals surface area contributed by atoms with Gasteiger partial charge in [-0.15, -0.1) is 0 Å². The van der Waals surface area contributed by atoms with Crippen LogP contribution in [0.5, 0.6) is 0 Å². The van der Waals surface area contributed by atoms with E-state index in [1.54, 1.807) is 29.9 Å². The van der Waals surface area contributed by atoms with Crippen LogP contribution in [-0.4, -0.2) is 36.0 Å². The summed E-state index contributed by atoms with van der Waals surface area (Å²) in [4.78, 5) is 29.0. The van der Waals surface area contributed by atoms with Crippen LogP contribution in [0.25, 0.3) is 55.6 Å². The van der Waals surface area contributed by atoms with Crippen molar-refractivity contribution in [1.82, 2.24) is 30.1 Å². The highest BCUT2D eigenvalue weighted by molar-refractivity contribution is 7.08. The van der Waals surface area contributed by atoms with Gasteiger partial charge in [0.05, 0.1) is 46.7 Å². The molecule has 0 aliphatic carbocycles. The summed E-state index contributed by atoms with van der Waals surface area (Å²) in [5.41, 5.74) is 7.92. The minimum Gasteiger partial charge on any atom is -0.352 e. The molecule has 9 heteroatoms. The number of thiophene rings is 1. The van der Waals surface area contributed by atoms with E-state index in [1.807, 2.05) is 38.4 Å². The van der Waals surface area contributed by atoms with Gasteiger partial charge in [0.15, 0.2) is 0 Å². The molecule has 6 aromatic heterocycles. The van der Waals surface area contributed by atoms with Crippen LogP contribution in [0.4, 0.5) is 5.69 Å². The Balaban J connectivity index is 1.38. The predicted octanol–water partition coefficient (Wildman–Crippen LogP) is 6.28. The van der Waals surface area contributed by atoms with Crippen LogP contribution in [0.1, 0.15) is 20.3 Å². The number of aromatic amines is 2. The first-order valence-electron chi connectivity index (χ1n) is 11.6. The summed E-state index contributed by atoms with van der Waals surface area (Å²) < 4.78 is 0. The fourth-order valence-corrected chi connectivity index (χ4v) is 4.99. The second kappa shape index (κ2) is 9.01. The predicted molar refractivity (Wildman–Crippen MR) is 144 cm³/mol. The van der Waals surface area contributed by atoms with E-state index in [0.29, 0.717) is 12.1 Å². The molecule has 36 heavy (non-hydrogen) atoms. The zero-order valence-corrected chi connectivity index (χ0v) is 20.6. The molecule has 0 aromatic carbocycles. The number of amides is 1. The first kappa shape index (κ1) is 22.1. The van der Waals surface area contributed by atoms with Gasteiger partial charge < -0.3 is 10.3 Å². The molecule has 0 atom stereocenters. The lowest BCUT2D eigenvalue weighted by atomic mass is 10.1. The van der Waals surface area contributed by atoms with Gasteiger partial charge in [-0.2, -0.15) is 16.4 Å². The first-order valence-corrected chi connectivity index (χ1v) is 12.6. The van der Waals surface area contributed by atoms with Crippen LogP contribution >= 0.6 is 11.3 Å². The molecule has 0 bridgehead atoms. The number of nitrogens with one attached hydrogen (secondary N) is 3. The van der Waals surface area contributed by atoms with E-state index in [0.717, 1.165) is 55.6 Å². The van der Waals surface area contributed by atoms with Crippen molar-refractivity contribution >= 4 is 44.7 Å². The number of H-pyrrole nitrogens is 2. The van der Waals surface area contributed by atoms with Crippen LogP contribution < -0.4 is 5.32 Å². The molecule has 0 saturated heterocycles. The van der Waals surface area contributed by atoms with Gasteiger partial charge in [-0.3, -0.25) is 24.8 Å². The largest absolute Gasteiger partial charge is 0.352 e. The Kier molecular flexibility index (Phi) is 5.54. The average Bonchev–Trinajstić information content (AvgIpc) is 3.62. The van der Waals surface area contributed by atoms with Crippen molar-refractivity contribution in [3.63, 3.8) is 0 Å². The number of rotatable bonds is 6. The van der Waals surface area contributed by atoms with Gasteiger partial charge in [-0.1, -0.05) is 13.8 Å². The third-order valence-corrected chi connectivity index (χ3v) is 6.67. The fourth-order valence-electron chi connectivity index (χ4n) is 4.34. The standard InChI is InChI=1S/C27H23N7OS/c1-15(2)5-26(35)31-18-6-17(9-28-10-18)22-8-20-25(13-30-22)33-34-27(20)23-7-19-21(16-3-4-36-14-16)11-29-12-24(19)32-23/h3-4,6-15,32H,5H2,1-2H3,(H,31,35)(H,33,34). The Bertz CT molecular complexity index is 1700. The average molecular weight is 494 g/mol. The van der Waals surface area contributed by atoms with E-state index in [4.69, 9.17) is 0 Å². The number of carbonyl (C=O) groups excluding carboxylic acids is 1. The molecule has 178 valence electrons. The second-order valence-electron chi connectivity index (χ2n) is 9.14. The molecule has 0 aliphatic rings. The van der Waals surface area contributed by atoms with Crippen molar-refractivity contribution < 1.29 is 4.79 Å². The van der Waals surface area contributed by atoms with E-state index >= 15 is 0 Å². The van der Waals surface area contributed by atoms with Crippen LogP contribution in [0, 0.1) is 5.92 Å². The van der Waals surface area contributed by atoms with Crippen molar-refractivity contribution in [3.8, 4) is 33.8 Å². The normalized spacial score (nSPS) is 11.5. The molecule has 1 amide bonds. The van der Waals surface area contributed by atoms with Crippen molar-refractivity contribution in [2.45, 2.75) is 20.3 Å². The Hall–Kier alpha value is -4.37. The van der Waals surface area contributed by atoms with Gasteiger partial charge in [0, 0.05) is 40.7 Å². The summed E-state index contributed by atoms with van der Waals surface area (Å²) in [6.45, 7) is 4.03. The van der Waals surface area contributed by atoms with Crippen LogP contribution in [0.2, 0.25) is 0 Å². The molecule has 6 rings (SSSR count). The van der Waals surface area contributed by atoms with Gasteiger partial charge in [0.2, 0.25) is 5.91 Å². The molecule has 0 unspecified atom stereocenters. The second-order valence-corrected chi connectivity index (χ2v) is 9.92. The lowest BCUT2D eigenvalue weighted by molar-refractivity contribution is -0.116. The van der Waals surface area contributed by atoms with E-state index in [2.05, 4.69) is 58.3 Å². The van der Waals surface area contributed by atoms with E-state index in [1.165, 1.54) is 0 Å². The smallest absolute Gasteiger partial charge is 0.224 e. The van der Waals surface area contributed by atoms with Gasteiger partial charge >= 0.3 is 0 Å². The zero-order chi connectivity index (χ0) is 24.6. The topological polar surface area (TPSA) is 112 Å². The van der Waals surface area contributed by atoms with Gasteiger partial charge in [-0.25, -0.2) is 0 Å². The molecule has 6 heterocycles. The summed E-state index contributed by atoms with van der Waals surface area (Å²) in [5.74, 6) is 0.256. The molecule has 0 spiro atoms. The number of carbonyl (C=O) groups is 1. The Morgan fingerprint density at radius 3 is 2.72 bits per heavy atom. The minimum atomic E-state index is -0.0281. The summed E-state index contributed by atoms with van der Waals surface area (Å²) in [6.07, 6.45) is 9.35. The third-order valence-electron chi connectivity index (χ3n) is 5.99. The number of fused-ring (bicyclic) bond motifs is 2. The van der Waals surface area contributed by atoms with Crippen molar-refractivity contribution in [2.24, 2.45) is 5.92 Å². The molecule has 3 N–H and O–H groups in total. The first-order chi connectivity index (χ1) is 17.5. The molecule has 0 saturated carbocycles. The quantitative estimate of drug-likeness (QED) is 0.253. The fraction of sp³-hybridized carbons (Fsp3) is 0.148. The van der Waals surface area contributed by atoms with Crippen LogP contribution in [0.15, 0.2) is 66.0 Å². The van der Waals surface area contributed by atoms with Gasteiger partial charge in [-0.05, 0) is 46.5 Å². The number of hydrogen-bond acceptors (Lipinski definition) is 6. The summed E-state index contributed by atoms with van der Waals surface area (Å²) in [7, 11) is 0. The highest BCUT2D eigenvalue weighted by Crippen LogP contribution is 2.35. The maximum Gasteiger partial charge on any atom is 0.224 e. The van der Waals surface area contributed by atoms with Crippen molar-refractivity contribution in [1.29, 1.82) is 0 Å². The Morgan fingerprint density at radius 2 is 1.89 bits per heavy atom. The molecule has 6 aromatic rings. The van der Waals surface area contributed by atoms with Gasteiger partial charge in [0.1, 0.15) is 5.69 Å². The summed E-state index contributed by atoms with van der Waals surface area (Å²) in [6, 6.07) is 8.10. The van der Waals surface area contributed by atoms with Crippen molar-refractivity contribution in [3.05, 3.63) is 66.0 Å². The number of nitrogens with zero attached hydrogens (tertiary/aromatic N) is 4. The maximum atomic E-state index is 12.2. The zero-order valence-electron chi connectivity index (χ0n) is 19.7. The van der Waals surface area contributed by atoms with E-state index < -0.39 is 0 Å². The highest BCUT2D eigenvalue weighted by Gasteiger charge is 2.16. The minimum absolute atomic E-state index is 0.0281.